The summed E-state index contributed by atoms with van der Waals surface area (Å²) in [6.07, 6.45) is 3.25. The number of benzene rings is 2. The van der Waals surface area contributed by atoms with E-state index in [0.29, 0.717) is 23.4 Å². The van der Waals surface area contributed by atoms with Gasteiger partial charge in [-0.25, -0.2) is 0 Å². The molecule has 0 heterocycles. The van der Waals surface area contributed by atoms with Gasteiger partial charge in [0.2, 0.25) is 5.91 Å². The van der Waals surface area contributed by atoms with Crippen LogP contribution in [0.4, 0.5) is 11.4 Å². The molecule has 1 amide bonds. The van der Waals surface area contributed by atoms with Crippen LogP contribution in [0.3, 0.4) is 0 Å². The van der Waals surface area contributed by atoms with Gasteiger partial charge in [0.1, 0.15) is 5.69 Å². The monoisotopic (exact) mass is 336 g/mol. The van der Waals surface area contributed by atoms with Crippen LogP contribution in [0.1, 0.15) is 30.7 Å². The van der Waals surface area contributed by atoms with E-state index < -0.39 is 4.92 Å². The van der Waals surface area contributed by atoms with E-state index in [9.17, 15) is 14.9 Å². The van der Waals surface area contributed by atoms with Crippen molar-refractivity contribution < 1.29 is 9.72 Å². The van der Waals surface area contributed by atoms with E-state index in [1.54, 1.807) is 18.2 Å². The molecule has 4 rings (SSSR count). The Morgan fingerprint density at radius 2 is 1.64 bits per heavy atom. The Morgan fingerprint density at radius 1 is 1.00 bits per heavy atom. The molecule has 5 nitrogen and oxygen atoms in total. The summed E-state index contributed by atoms with van der Waals surface area (Å²) in [5.74, 6) is 0.999. The van der Waals surface area contributed by atoms with Gasteiger partial charge < -0.3 is 5.32 Å². The lowest BCUT2D eigenvalue weighted by atomic mass is 9.48. The van der Waals surface area contributed by atoms with Crippen molar-refractivity contribution in [2.24, 2.45) is 17.8 Å². The minimum atomic E-state index is -0.454. The maximum atomic E-state index is 12.8. The zero-order valence-corrected chi connectivity index (χ0v) is 13.8. The van der Waals surface area contributed by atoms with Crippen LogP contribution in [-0.4, -0.2) is 10.8 Å². The molecule has 2 bridgehead atoms. The Morgan fingerprint density at radius 3 is 2.32 bits per heavy atom. The maximum absolute atomic E-state index is 12.8. The van der Waals surface area contributed by atoms with Crippen LogP contribution in [0.25, 0.3) is 0 Å². The van der Waals surface area contributed by atoms with E-state index in [1.807, 2.05) is 18.2 Å². The highest BCUT2D eigenvalue weighted by Crippen LogP contribution is 2.60. The second-order valence-electron chi connectivity index (χ2n) is 6.98. The van der Waals surface area contributed by atoms with E-state index in [2.05, 4.69) is 17.4 Å². The lowest BCUT2D eigenvalue weighted by Gasteiger charge is -2.55. The SMILES string of the molecule is O=C(Nc1ccccc1[N+](=O)[O-])C1[C@H]2CCC[C@H]1C2c1ccccc1. The molecule has 2 aromatic carbocycles. The summed E-state index contributed by atoms with van der Waals surface area (Å²) in [7, 11) is 0. The molecular weight excluding hydrogens is 316 g/mol. The van der Waals surface area contributed by atoms with Crippen LogP contribution in [0, 0.1) is 27.9 Å². The number of hydrogen-bond acceptors (Lipinski definition) is 3. The second kappa shape index (κ2) is 6.31. The van der Waals surface area contributed by atoms with Gasteiger partial charge in [-0.3, -0.25) is 14.9 Å². The van der Waals surface area contributed by atoms with Crippen LogP contribution < -0.4 is 5.32 Å². The molecule has 0 aliphatic heterocycles. The molecule has 25 heavy (non-hydrogen) atoms. The molecule has 2 aliphatic rings. The van der Waals surface area contributed by atoms with Gasteiger partial charge in [0.15, 0.2) is 0 Å². The number of carbonyl (C=O) groups excluding carboxylic acids is 1. The number of amides is 1. The Balaban J connectivity index is 1.54. The highest BCUT2D eigenvalue weighted by atomic mass is 16.6. The van der Waals surface area contributed by atoms with Gasteiger partial charge in [0.05, 0.1) is 4.92 Å². The molecule has 0 spiro atoms. The summed E-state index contributed by atoms with van der Waals surface area (Å²) in [6.45, 7) is 0. The fourth-order valence-electron chi connectivity index (χ4n) is 4.76. The standard InChI is InChI=1S/C20H20N2O3/c23-20(21-16-11-4-5-12-17(16)22(24)25)19-14-9-6-10-15(19)18(14)13-7-2-1-3-8-13/h1-5,7-8,11-12,14-15,18-19H,6,9-10H2,(H,21,23)/t14-,15-,18?,19?/m0/s1. The summed E-state index contributed by atoms with van der Waals surface area (Å²) >= 11 is 0. The van der Waals surface area contributed by atoms with Crippen molar-refractivity contribution in [1.82, 2.24) is 0 Å². The molecule has 0 unspecified atom stereocenters. The quantitative estimate of drug-likeness (QED) is 0.666. The molecule has 128 valence electrons. The Hall–Kier alpha value is -2.69. The van der Waals surface area contributed by atoms with Crippen molar-refractivity contribution in [2.45, 2.75) is 25.2 Å². The number of nitro benzene ring substituents is 1. The molecule has 0 aromatic heterocycles. The van der Waals surface area contributed by atoms with E-state index in [-0.39, 0.29) is 17.5 Å². The van der Waals surface area contributed by atoms with Crippen molar-refractivity contribution in [3.8, 4) is 0 Å². The van der Waals surface area contributed by atoms with Gasteiger partial charge >= 0.3 is 0 Å². The van der Waals surface area contributed by atoms with Crippen LogP contribution in [0.2, 0.25) is 0 Å². The Labute approximate surface area is 146 Å². The highest BCUT2D eigenvalue weighted by Gasteiger charge is 2.55. The number of nitrogens with zero attached hydrogens (tertiary/aromatic N) is 1. The minimum absolute atomic E-state index is 0.0428. The smallest absolute Gasteiger partial charge is 0.292 e. The third kappa shape index (κ3) is 2.69. The third-order valence-electron chi connectivity index (χ3n) is 5.77. The molecule has 2 saturated carbocycles. The second-order valence-corrected chi connectivity index (χ2v) is 6.98. The van der Waals surface area contributed by atoms with Crippen molar-refractivity contribution in [3.05, 3.63) is 70.3 Å². The van der Waals surface area contributed by atoms with Gasteiger partial charge in [-0.15, -0.1) is 0 Å². The Bertz CT molecular complexity index is 794. The predicted molar refractivity (Wildman–Crippen MR) is 95.2 cm³/mol. The van der Waals surface area contributed by atoms with Crippen molar-refractivity contribution >= 4 is 17.3 Å². The molecule has 0 saturated heterocycles. The fourth-order valence-corrected chi connectivity index (χ4v) is 4.76. The van der Waals surface area contributed by atoms with Crippen LogP contribution >= 0.6 is 0 Å². The number of nitrogens with one attached hydrogen (secondary N) is 1. The average Bonchev–Trinajstić information content (AvgIpc) is 2.63. The number of para-hydroxylation sites is 2. The number of rotatable bonds is 4. The predicted octanol–water partition coefficient (Wildman–Crippen LogP) is 4.36. The van der Waals surface area contributed by atoms with E-state index >= 15 is 0 Å². The van der Waals surface area contributed by atoms with E-state index in [4.69, 9.17) is 0 Å². The molecule has 2 aliphatic carbocycles. The van der Waals surface area contributed by atoms with Crippen molar-refractivity contribution in [3.63, 3.8) is 0 Å². The summed E-state index contributed by atoms with van der Waals surface area (Å²) in [4.78, 5) is 23.5. The normalized spacial score (nSPS) is 27.2. The lowest BCUT2D eigenvalue weighted by Crippen LogP contribution is -2.53. The van der Waals surface area contributed by atoms with Crippen LogP contribution in [0.5, 0.6) is 0 Å². The molecule has 2 fully saturated rings. The highest BCUT2D eigenvalue weighted by molar-refractivity contribution is 5.96. The van der Waals surface area contributed by atoms with Crippen LogP contribution in [0.15, 0.2) is 54.6 Å². The topological polar surface area (TPSA) is 72.2 Å². The third-order valence-corrected chi connectivity index (χ3v) is 5.77. The van der Waals surface area contributed by atoms with E-state index in [0.717, 1.165) is 19.3 Å². The summed E-state index contributed by atoms with van der Waals surface area (Å²) in [5, 5.41) is 14.0. The first-order valence-corrected chi connectivity index (χ1v) is 8.76. The molecule has 5 heteroatoms. The van der Waals surface area contributed by atoms with Crippen molar-refractivity contribution in [1.29, 1.82) is 0 Å². The number of carbonyl (C=O) groups is 1. The van der Waals surface area contributed by atoms with E-state index in [1.165, 1.54) is 11.6 Å². The van der Waals surface area contributed by atoms with Gasteiger partial charge in [0, 0.05) is 12.0 Å². The average molecular weight is 336 g/mol. The summed E-state index contributed by atoms with van der Waals surface area (Å²) < 4.78 is 0. The largest absolute Gasteiger partial charge is 0.320 e. The first-order chi connectivity index (χ1) is 12.2. The van der Waals surface area contributed by atoms with Gasteiger partial charge in [-0.05, 0) is 42.2 Å². The van der Waals surface area contributed by atoms with Crippen molar-refractivity contribution in [2.75, 3.05) is 5.32 Å². The first kappa shape index (κ1) is 15.8. The van der Waals surface area contributed by atoms with Gasteiger partial charge in [0.25, 0.3) is 5.69 Å². The van der Waals surface area contributed by atoms with Gasteiger partial charge in [-0.1, -0.05) is 48.9 Å². The number of anilines is 1. The minimum Gasteiger partial charge on any atom is -0.320 e. The lowest BCUT2D eigenvalue weighted by molar-refractivity contribution is -0.383. The Kier molecular flexibility index (Phi) is 3.99. The molecular formula is C20H20N2O3. The zero-order valence-electron chi connectivity index (χ0n) is 13.8. The van der Waals surface area contributed by atoms with Gasteiger partial charge in [-0.2, -0.15) is 0 Å². The number of nitro groups is 1. The first-order valence-electron chi connectivity index (χ1n) is 8.76. The number of fused-ring (bicyclic) bond motifs is 2. The summed E-state index contributed by atoms with van der Waals surface area (Å²) in [6, 6.07) is 16.7. The zero-order chi connectivity index (χ0) is 17.4. The van der Waals surface area contributed by atoms with Crippen LogP contribution in [-0.2, 0) is 4.79 Å². The number of hydrogen-bond donors (Lipinski definition) is 1. The molecule has 1 N–H and O–H groups in total. The fraction of sp³-hybridized carbons (Fsp3) is 0.350. The summed E-state index contributed by atoms with van der Waals surface area (Å²) in [5.41, 5.74) is 1.55. The molecule has 0 radical (unpaired) electrons. The molecule has 2 aromatic rings. The molecule has 2 atom stereocenters. The maximum Gasteiger partial charge on any atom is 0.292 e.